The molecular weight excluding hydrogens is 246 g/mol. The van der Waals surface area contributed by atoms with Crippen LogP contribution in [0.5, 0.6) is 0 Å². The lowest BCUT2D eigenvalue weighted by Crippen LogP contribution is -2.37. The van der Waals surface area contributed by atoms with Crippen molar-refractivity contribution in [2.45, 2.75) is 19.9 Å². The van der Waals surface area contributed by atoms with Gasteiger partial charge in [0, 0.05) is 25.2 Å². The number of amides is 2. The molecule has 7 nitrogen and oxygen atoms in total. The number of urea groups is 1. The normalized spacial score (nSPS) is 15.4. The van der Waals surface area contributed by atoms with E-state index in [1.807, 2.05) is 13.8 Å². The van der Waals surface area contributed by atoms with Crippen molar-refractivity contribution in [1.29, 1.82) is 0 Å². The van der Waals surface area contributed by atoms with Crippen LogP contribution in [0.4, 0.5) is 16.4 Å². The minimum atomic E-state index is -0.262. The van der Waals surface area contributed by atoms with Gasteiger partial charge in [-0.2, -0.15) is 0 Å². The smallest absolute Gasteiger partial charge is 0.320 e. The molecule has 1 aromatic heterocycles. The number of rotatable bonds is 3. The van der Waals surface area contributed by atoms with E-state index in [0.717, 1.165) is 18.9 Å². The first-order valence-electron chi connectivity index (χ1n) is 6.37. The second-order valence-electron chi connectivity index (χ2n) is 4.61. The van der Waals surface area contributed by atoms with Gasteiger partial charge in [-0.15, -0.1) is 0 Å². The Morgan fingerprint density at radius 2 is 2.11 bits per heavy atom. The van der Waals surface area contributed by atoms with Crippen molar-refractivity contribution < 1.29 is 9.53 Å². The molecule has 0 unspecified atom stereocenters. The largest absolute Gasteiger partial charge is 0.378 e. The van der Waals surface area contributed by atoms with Crippen molar-refractivity contribution in [1.82, 2.24) is 15.3 Å². The van der Waals surface area contributed by atoms with Crippen LogP contribution in [0, 0.1) is 0 Å². The molecule has 0 spiro atoms. The SMILES string of the molecule is CC(C)NC(=O)Nc1cc(N2CCOCC2)ncn1. The van der Waals surface area contributed by atoms with E-state index in [0.29, 0.717) is 19.0 Å². The molecule has 1 saturated heterocycles. The molecule has 2 rings (SSSR count). The van der Waals surface area contributed by atoms with Gasteiger partial charge >= 0.3 is 6.03 Å². The number of carbonyl (C=O) groups excluding carboxylic acids is 1. The number of hydrogen-bond donors (Lipinski definition) is 2. The summed E-state index contributed by atoms with van der Waals surface area (Å²) in [7, 11) is 0. The Hall–Kier alpha value is -1.89. The number of hydrogen-bond acceptors (Lipinski definition) is 5. The summed E-state index contributed by atoms with van der Waals surface area (Å²) in [6, 6.07) is 1.59. The van der Waals surface area contributed by atoms with Gasteiger partial charge in [0.1, 0.15) is 18.0 Å². The van der Waals surface area contributed by atoms with Crippen LogP contribution in [0.1, 0.15) is 13.8 Å². The molecule has 0 saturated carbocycles. The Bertz CT molecular complexity index is 432. The van der Waals surface area contributed by atoms with E-state index in [4.69, 9.17) is 4.74 Å². The topological polar surface area (TPSA) is 79.4 Å². The molecule has 2 amide bonds. The monoisotopic (exact) mass is 265 g/mol. The summed E-state index contributed by atoms with van der Waals surface area (Å²) < 4.78 is 5.29. The van der Waals surface area contributed by atoms with E-state index >= 15 is 0 Å². The van der Waals surface area contributed by atoms with Gasteiger partial charge in [0.2, 0.25) is 0 Å². The fourth-order valence-electron chi connectivity index (χ4n) is 1.80. The van der Waals surface area contributed by atoms with Crippen molar-refractivity contribution in [3.05, 3.63) is 12.4 Å². The summed E-state index contributed by atoms with van der Waals surface area (Å²) in [6.07, 6.45) is 1.45. The van der Waals surface area contributed by atoms with E-state index < -0.39 is 0 Å². The van der Waals surface area contributed by atoms with Crippen molar-refractivity contribution in [2.75, 3.05) is 36.5 Å². The van der Waals surface area contributed by atoms with Crippen LogP contribution in [0.15, 0.2) is 12.4 Å². The van der Waals surface area contributed by atoms with Crippen molar-refractivity contribution >= 4 is 17.7 Å². The highest BCUT2D eigenvalue weighted by Crippen LogP contribution is 2.15. The predicted octanol–water partition coefficient (Wildman–Crippen LogP) is 0.843. The minimum Gasteiger partial charge on any atom is -0.378 e. The van der Waals surface area contributed by atoms with Crippen molar-refractivity contribution in [2.24, 2.45) is 0 Å². The first-order valence-corrected chi connectivity index (χ1v) is 6.37. The number of aromatic nitrogens is 2. The number of ether oxygens (including phenoxy) is 1. The van der Waals surface area contributed by atoms with E-state index in [1.54, 1.807) is 6.07 Å². The Balaban J connectivity index is 2.00. The Kier molecular flexibility index (Phi) is 4.51. The molecule has 1 aromatic rings. The number of morpholine rings is 1. The highest BCUT2D eigenvalue weighted by Gasteiger charge is 2.13. The molecule has 104 valence electrons. The average molecular weight is 265 g/mol. The lowest BCUT2D eigenvalue weighted by molar-refractivity contribution is 0.122. The van der Waals surface area contributed by atoms with Gasteiger partial charge in [-0.25, -0.2) is 14.8 Å². The van der Waals surface area contributed by atoms with Crippen LogP contribution in [0.2, 0.25) is 0 Å². The first-order chi connectivity index (χ1) is 9.15. The second-order valence-corrected chi connectivity index (χ2v) is 4.61. The third kappa shape index (κ3) is 4.06. The van der Waals surface area contributed by atoms with Crippen LogP contribution in [0.3, 0.4) is 0 Å². The van der Waals surface area contributed by atoms with Crippen molar-refractivity contribution in [3.8, 4) is 0 Å². The number of nitrogens with one attached hydrogen (secondary N) is 2. The Labute approximate surface area is 112 Å². The van der Waals surface area contributed by atoms with Crippen LogP contribution in [-0.2, 0) is 4.74 Å². The molecular formula is C12H19N5O2. The highest BCUT2D eigenvalue weighted by atomic mass is 16.5. The third-order valence-corrected chi connectivity index (χ3v) is 2.65. The predicted molar refractivity (Wildman–Crippen MR) is 72.4 cm³/mol. The fourth-order valence-corrected chi connectivity index (χ4v) is 1.80. The summed E-state index contributed by atoms with van der Waals surface area (Å²) in [5, 5.41) is 5.44. The quantitative estimate of drug-likeness (QED) is 0.846. The number of nitrogens with zero attached hydrogens (tertiary/aromatic N) is 3. The van der Waals surface area contributed by atoms with Gasteiger partial charge in [0.15, 0.2) is 0 Å². The van der Waals surface area contributed by atoms with Gasteiger partial charge < -0.3 is 15.0 Å². The third-order valence-electron chi connectivity index (χ3n) is 2.65. The first kappa shape index (κ1) is 13.5. The molecule has 0 atom stereocenters. The van der Waals surface area contributed by atoms with Crippen LogP contribution in [-0.4, -0.2) is 48.3 Å². The molecule has 1 aliphatic rings. The van der Waals surface area contributed by atoms with Crippen LogP contribution < -0.4 is 15.5 Å². The maximum Gasteiger partial charge on any atom is 0.320 e. The summed E-state index contributed by atoms with van der Waals surface area (Å²) >= 11 is 0. The molecule has 1 fully saturated rings. The zero-order valence-corrected chi connectivity index (χ0v) is 11.2. The van der Waals surface area contributed by atoms with Gasteiger partial charge in [0.25, 0.3) is 0 Å². The van der Waals surface area contributed by atoms with Gasteiger partial charge in [-0.05, 0) is 13.8 Å². The van der Waals surface area contributed by atoms with E-state index in [-0.39, 0.29) is 12.1 Å². The molecule has 0 bridgehead atoms. The molecule has 2 N–H and O–H groups in total. The molecule has 0 aliphatic carbocycles. The summed E-state index contributed by atoms with van der Waals surface area (Å²) in [5.74, 6) is 1.30. The van der Waals surface area contributed by atoms with E-state index in [1.165, 1.54) is 6.33 Å². The van der Waals surface area contributed by atoms with E-state index in [2.05, 4.69) is 25.5 Å². The van der Waals surface area contributed by atoms with Gasteiger partial charge in [0.05, 0.1) is 13.2 Å². The van der Waals surface area contributed by atoms with E-state index in [9.17, 15) is 4.79 Å². The summed E-state index contributed by atoms with van der Waals surface area (Å²) in [4.78, 5) is 22.0. The maximum absolute atomic E-state index is 11.6. The maximum atomic E-state index is 11.6. The Morgan fingerprint density at radius 3 is 2.79 bits per heavy atom. The summed E-state index contributed by atoms with van der Waals surface area (Å²) in [6.45, 7) is 6.79. The molecule has 7 heteroatoms. The molecule has 0 aromatic carbocycles. The standard InChI is InChI=1S/C12H19N5O2/c1-9(2)15-12(18)16-10-7-11(14-8-13-10)17-3-5-19-6-4-17/h7-9H,3-6H2,1-2H3,(H2,13,14,15,16,18). The lowest BCUT2D eigenvalue weighted by atomic mass is 10.4. The average Bonchev–Trinajstić information content (AvgIpc) is 2.39. The number of carbonyl (C=O) groups is 1. The summed E-state index contributed by atoms with van der Waals surface area (Å²) in [5.41, 5.74) is 0. The second kappa shape index (κ2) is 6.33. The minimum absolute atomic E-state index is 0.0838. The number of anilines is 2. The molecule has 0 radical (unpaired) electrons. The molecule has 2 heterocycles. The highest BCUT2D eigenvalue weighted by molar-refractivity contribution is 5.88. The van der Waals surface area contributed by atoms with Crippen LogP contribution >= 0.6 is 0 Å². The van der Waals surface area contributed by atoms with Gasteiger partial charge in [-0.1, -0.05) is 0 Å². The van der Waals surface area contributed by atoms with Gasteiger partial charge in [-0.3, -0.25) is 5.32 Å². The fraction of sp³-hybridized carbons (Fsp3) is 0.583. The molecule has 19 heavy (non-hydrogen) atoms. The zero-order chi connectivity index (χ0) is 13.7. The Morgan fingerprint density at radius 1 is 1.37 bits per heavy atom. The molecule has 1 aliphatic heterocycles. The zero-order valence-electron chi connectivity index (χ0n) is 11.2. The van der Waals surface area contributed by atoms with Crippen molar-refractivity contribution in [3.63, 3.8) is 0 Å². The lowest BCUT2D eigenvalue weighted by Gasteiger charge is -2.27. The van der Waals surface area contributed by atoms with Crippen LogP contribution in [0.25, 0.3) is 0 Å².